The molecule has 2 N–H and O–H groups in total. The molecule has 3 unspecified atom stereocenters. The van der Waals surface area contributed by atoms with Gasteiger partial charge in [0.25, 0.3) is 5.91 Å². The van der Waals surface area contributed by atoms with E-state index < -0.39 is 17.7 Å². The van der Waals surface area contributed by atoms with Gasteiger partial charge in [-0.05, 0) is 12.5 Å². The second-order valence-corrected chi connectivity index (χ2v) is 4.70. The number of amides is 2. The molecule has 1 aliphatic heterocycles. The van der Waals surface area contributed by atoms with Gasteiger partial charge in [0.05, 0.1) is 0 Å². The Kier molecular flexibility index (Phi) is 3.28. The summed E-state index contributed by atoms with van der Waals surface area (Å²) in [5.41, 5.74) is 7.07. The van der Waals surface area contributed by atoms with Crippen LogP contribution in [-0.2, 0) is 9.59 Å². The molecule has 0 saturated heterocycles. The number of carbonyl (C=O) groups excluding carboxylic acids is 2. The van der Waals surface area contributed by atoms with Gasteiger partial charge in [0.1, 0.15) is 5.92 Å². The molecule has 18 heavy (non-hydrogen) atoms. The molecular formula is C14H16N2O2. The monoisotopic (exact) mass is 244 g/mol. The van der Waals surface area contributed by atoms with Gasteiger partial charge in [-0.25, -0.2) is 4.99 Å². The van der Waals surface area contributed by atoms with Crippen LogP contribution in [0.5, 0.6) is 0 Å². The van der Waals surface area contributed by atoms with Crippen molar-refractivity contribution in [1.29, 1.82) is 0 Å². The summed E-state index contributed by atoms with van der Waals surface area (Å²) in [7, 11) is 0. The zero-order chi connectivity index (χ0) is 13.3. The third-order valence-electron chi connectivity index (χ3n) is 3.60. The smallest absolute Gasteiger partial charge is 0.258 e. The summed E-state index contributed by atoms with van der Waals surface area (Å²) in [5.74, 6) is -2.06. The van der Waals surface area contributed by atoms with E-state index in [1.54, 1.807) is 0 Å². The Morgan fingerprint density at radius 3 is 2.44 bits per heavy atom. The number of aliphatic imine (C=N–C) groups is 1. The van der Waals surface area contributed by atoms with Crippen molar-refractivity contribution in [3.8, 4) is 0 Å². The van der Waals surface area contributed by atoms with Gasteiger partial charge in [-0.15, -0.1) is 0 Å². The van der Waals surface area contributed by atoms with E-state index in [0.29, 0.717) is 0 Å². The molecule has 1 heterocycles. The first-order valence-corrected chi connectivity index (χ1v) is 5.95. The van der Waals surface area contributed by atoms with Crippen molar-refractivity contribution in [1.82, 2.24) is 0 Å². The number of primary amides is 1. The first-order valence-electron chi connectivity index (χ1n) is 5.95. The van der Waals surface area contributed by atoms with Crippen molar-refractivity contribution in [2.75, 3.05) is 0 Å². The Labute approximate surface area is 106 Å². The van der Waals surface area contributed by atoms with Crippen LogP contribution in [-0.4, -0.2) is 17.5 Å². The Bertz CT molecular complexity index is 508. The zero-order valence-corrected chi connectivity index (χ0v) is 10.5. The molecule has 4 heteroatoms. The van der Waals surface area contributed by atoms with Crippen LogP contribution in [0.3, 0.4) is 0 Å². The summed E-state index contributed by atoms with van der Waals surface area (Å²) in [6.45, 7) is 3.79. The summed E-state index contributed by atoms with van der Waals surface area (Å²) >= 11 is 0. The maximum absolute atomic E-state index is 11.9. The molecule has 94 valence electrons. The third-order valence-corrected chi connectivity index (χ3v) is 3.60. The standard InChI is InChI=1S/C14H16N2O2/c1-8-9(2)16-14(18)12(13(15)17)11(8)10-6-4-3-5-7-10/h3-8,11-12H,1-2H3,(H2,15,17). The highest BCUT2D eigenvalue weighted by Gasteiger charge is 2.41. The molecule has 0 bridgehead atoms. The normalized spacial score (nSPS) is 27.8. The number of nitrogens with zero attached hydrogens (tertiary/aromatic N) is 1. The molecule has 3 atom stereocenters. The van der Waals surface area contributed by atoms with Crippen molar-refractivity contribution in [3.63, 3.8) is 0 Å². The van der Waals surface area contributed by atoms with E-state index in [2.05, 4.69) is 4.99 Å². The second kappa shape index (κ2) is 4.72. The van der Waals surface area contributed by atoms with Crippen molar-refractivity contribution >= 4 is 17.5 Å². The molecule has 1 aromatic rings. The van der Waals surface area contributed by atoms with Crippen LogP contribution in [0.4, 0.5) is 0 Å². The van der Waals surface area contributed by atoms with Gasteiger partial charge in [0.2, 0.25) is 5.91 Å². The Hall–Kier alpha value is -1.97. The molecule has 2 rings (SSSR count). The Morgan fingerprint density at radius 2 is 1.89 bits per heavy atom. The minimum atomic E-state index is -0.855. The number of nitrogens with two attached hydrogens (primary N) is 1. The molecule has 0 radical (unpaired) electrons. The number of carbonyl (C=O) groups is 2. The van der Waals surface area contributed by atoms with Gasteiger partial charge in [-0.1, -0.05) is 37.3 Å². The first-order chi connectivity index (χ1) is 8.52. The van der Waals surface area contributed by atoms with Crippen LogP contribution in [0.15, 0.2) is 35.3 Å². The molecule has 0 aromatic heterocycles. The van der Waals surface area contributed by atoms with Crippen LogP contribution < -0.4 is 5.73 Å². The molecule has 2 amide bonds. The number of hydrogen-bond donors (Lipinski definition) is 1. The first kappa shape index (κ1) is 12.5. The lowest BCUT2D eigenvalue weighted by Crippen LogP contribution is -2.42. The molecule has 1 aromatic carbocycles. The average molecular weight is 244 g/mol. The van der Waals surface area contributed by atoms with E-state index in [0.717, 1.165) is 11.3 Å². The molecular weight excluding hydrogens is 228 g/mol. The van der Waals surface area contributed by atoms with E-state index in [-0.39, 0.29) is 11.8 Å². The highest BCUT2D eigenvalue weighted by molar-refractivity contribution is 6.09. The van der Waals surface area contributed by atoms with Crippen LogP contribution in [0, 0.1) is 11.8 Å². The summed E-state index contributed by atoms with van der Waals surface area (Å²) in [5, 5.41) is 0. The van der Waals surface area contributed by atoms with E-state index in [9.17, 15) is 9.59 Å². The van der Waals surface area contributed by atoms with Gasteiger partial charge < -0.3 is 5.73 Å². The SMILES string of the molecule is CC1=NC(=O)C(C(N)=O)C(c2ccccc2)C1C. The van der Waals surface area contributed by atoms with E-state index in [4.69, 9.17) is 5.73 Å². The summed E-state index contributed by atoms with van der Waals surface area (Å²) in [6, 6.07) is 9.53. The van der Waals surface area contributed by atoms with Gasteiger partial charge in [-0.2, -0.15) is 0 Å². The fraction of sp³-hybridized carbons (Fsp3) is 0.357. The number of rotatable bonds is 2. The predicted octanol–water partition coefficient (Wildman–Crippen LogP) is 1.51. The van der Waals surface area contributed by atoms with Gasteiger partial charge in [0.15, 0.2) is 0 Å². The molecule has 0 saturated carbocycles. The highest BCUT2D eigenvalue weighted by Crippen LogP contribution is 2.36. The van der Waals surface area contributed by atoms with Crippen molar-refractivity contribution < 1.29 is 9.59 Å². The largest absolute Gasteiger partial charge is 0.369 e. The van der Waals surface area contributed by atoms with Gasteiger partial charge >= 0.3 is 0 Å². The molecule has 4 nitrogen and oxygen atoms in total. The molecule has 0 spiro atoms. The minimum absolute atomic E-state index is 0.0302. The fourth-order valence-electron chi connectivity index (χ4n) is 2.50. The van der Waals surface area contributed by atoms with Gasteiger partial charge in [0, 0.05) is 17.5 Å². The van der Waals surface area contributed by atoms with Crippen LogP contribution in [0.2, 0.25) is 0 Å². The van der Waals surface area contributed by atoms with Crippen molar-refractivity contribution in [3.05, 3.63) is 35.9 Å². The molecule has 1 aliphatic rings. The quantitative estimate of drug-likeness (QED) is 0.801. The van der Waals surface area contributed by atoms with Crippen LogP contribution in [0.25, 0.3) is 0 Å². The molecule has 0 aliphatic carbocycles. The van der Waals surface area contributed by atoms with Crippen molar-refractivity contribution in [2.24, 2.45) is 22.6 Å². The Balaban J connectivity index is 2.50. The predicted molar refractivity (Wildman–Crippen MR) is 69.1 cm³/mol. The Morgan fingerprint density at radius 1 is 1.28 bits per heavy atom. The average Bonchev–Trinajstić information content (AvgIpc) is 2.34. The lowest BCUT2D eigenvalue weighted by atomic mass is 9.73. The summed E-state index contributed by atoms with van der Waals surface area (Å²) in [4.78, 5) is 27.3. The summed E-state index contributed by atoms with van der Waals surface area (Å²) < 4.78 is 0. The highest BCUT2D eigenvalue weighted by atomic mass is 16.2. The number of benzene rings is 1. The number of hydrogen-bond acceptors (Lipinski definition) is 2. The lowest BCUT2D eigenvalue weighted by molar-refractivity contribution is -0.133. The lowest BCUT2D eigenvalue weighted by Gasteiger charge is -2.32. The second-order valence-electron chi connectivity index (χ2n) is 4.70. The minimum Gasteiger partial charge on any atom is -0.369 e. The van der Waals surface area contributed by atoms with Gasteiger partial charge in [-0.3, -0.25) is 9.59 Å². The zero-order valence-electron chi connectivity index (χ0n) is 10.5. The maximum atomic E-state index is 11.9. The van der Waals surface area contributed by atoms with E-state index in [1.165, 1.54) is 0 Å². The van der Waals surface area contributed by atoms with Crippen LogP contribution >= 0.6 is 0 Å². The van der Waals surface area contributed by atoms with Crippen molar-refractivity contribution in [2.45, 2.75) is 19.8 Å². The molecule has 0 fully saturated rings. The van der Waals surface area contributed by atoms with E-state index in [1.807, 2.05) is 44.2 Å². The van der Waals surface area contributed by atoms with Crippen LogP contribution in [0.1, 0.15) is 25.3 Å². The third kappa shape index (κ3) is 2.06. The van der Waals surface area contributed by atoms with E-state index >= 15 is 0 Å². The maximum Gasteiger partial charge on any atom is 0.258 e. The fourth-order valence-corrected chi connectivity index (χ4v) is 2.50. The summed E-state index contributed by atoms with van der Waals surface area (Å²) in [6.07, 6.45) is 0. The topological polar surface area (TPSA) is 72.5 Å².